The van der Waals surface area contributed by atoms with Gasteiger partial charge in [0.25, 0.3) is 0 Å². The van der Waals surface area contributed by atoms with Gasteiger partial charge in [-0.1, -0.05) is 0 Å². The molecule has 0 atom stereocenters. The Labute approximate surface area is 127 Å². The first-order chi connectivity index (χ1) is 9.74. The summed E-state index contributed by atoms with van der Waals surface area (Å²) in [6, 6.07) is 1.97. The van der Waals surface area contributed by atoms with Gasteiger partial charge in [-0.3, -0.25) is 4.68 Å². The lowest BCUT2D eigenvalue weighted by Crippen LogP contribution is -2.08. The van der Waals surface area contributed by atoms with Crippen molar-refractivity contribution in [2.24, 2.45) is 0 Å². The molecule has 0 unspecified atom stereocenters. The number of halogens is 1. The van der Waals surface area contributed by atoms with Gasteiger partial charge in [-0.05, 0) is 48.7 Å². The highest BCUT2D eigenvalue weighted by atomic mass is 79.9. The lowest BCUT2D eigenvalue weighted by molar-refractivity contribution is 0.663. The highest BCUT2D eigenvalue weighted by Crippen LogP contribution is 2.44. The maximum absolute atomic E-state index is 4.77. The molecule has 2 heterocycles. The molecule has 106 valence electrons. The van der Waals surface area contributed by atoms with Gasteiger partial charge < -0.3 is 5.32 Å². The van der Waals surface area contributed by atoms with Crippen molar-refractivity contribution in [2.45, 2.75) is 39.2 Å². The van der Waals surface area contributed by atoms with Crippen LogP contribution in [0.2, 0.25) is 0 Å². The van der Waals surface area contributed by atoms with Crippen LogP contribution in [0.3, 0.4) is 0 Å². The molecule has 0 bridgehead atoms. The van der Waals surface area contributed by atoms with Crippen molar-refractivity contribution < 1.29 is 0 Å². The second kappa shape index (κ2) is 5.52. The molecule has 20 heavy (non-hydrogen) atoms. The van der Waals surface area contributed by atoms with Gasteiger partial charge in [0.15, 0.2) is 5.82 Å². The summed E-state index contributed by atoms with van der Waals surface area (Å²) in [7, 11) is 0. The third-order valence-corrected chi connectivity index (χ3v) is 4.21. The summed E-state index contributed by atoms with van der Waals surface area (Å²) in [5.74, 6) is 2.20. The number of hydrogen-bond donors (Lipinski definition) is 1. The smallest absolute Gasteiger partial charge is 0.180 e. The minimum absolute atomic E-state index is 0.571. The standard InChI is InChI=1S/C14H18BrN5/c1-3-16-14-11(15)12(9-5-6-9)18-13(19-14)10-7-8-17-20(10)4-2/h7-9H,3-6H2,1-2H3,(H,16,18,19). The summed E-state index contributed by atoms with van der Waals surface area (Å²) >= 11 is 3.65. The molecule has 3 rings (SSSR count). The molecule has 5 nitrogen and oxygen atoms in total. The molecule has 0 aliphatic heterocycles. The summed E-state index contributed by atoms with van der Waals surface area (Å²) in [6.07, 6.45) is 4.23. The molecule has 2 aromatic rings. The summed E-state index contributed by atoms with van der Waals surface area (Å²) in [4.78, 5) is 9.42. The highest BCUT2D eigenvalue weighted by Gasteiger charge is 2.29. The normalized spacial score (nSPS) is 14.6. The fraction of sp³-hybridized carbons (Fsp3) is 0.500. The van der Waals surface area contributed by atoms with E-state index < -0.39 is 0 Å². The minimum atomic E-state index is 0.571. The average molecular weight is 336 g/mol. The zero-order valence-corrected chi connectivity index (χ0v) is 13.3. The Morgan fingerprint density at radius 2 is 2.15 bits per heavy atom. The van der Waals surface area contributed by atoms with Crippen LogP contribution < -0.4 is 5.32 Å². The third-order valence-electron chi connectivity index (χ3n) is 3.43. The predicted molar refractivity (Wildman–Crippen MR) is 82.8 cm³/mol. The predicted octanol–water partition coefficient (Wildman–Crippen LogP) is 3.43. The molecule has 1 aliphatic rings. The molecular formula is C14H18BrN5. The van der Waals surface area contributed by atoms with Gasteiger partial charge in [0.1, 0.15) is 11.5 Å². The molecule has 1 saturated carbocycles. The Balaban J connectivity index is 2.10. The van der Waals surface area contributed by atoms with E-state index >= 15 is 0 Å². The quantitative estimate of drug-likeness (QED) is 0.909. The maximum Gasteiger partial charge on any atom is 0.180 e. The lowest BCUT2D eigenvalue weighted by atomic mass is 10.2. The van der Waals surface area contributed by atoms with Gasteiger partial charge in [0, 0.05) is 25.2 Å². The number of aryl methyl sites for hydroxylation is 1. The van der Waals surface area contributed by atoms with Gasteiger partial charge in [0.05, 0.1) is 10.2 Å². The van der Waals surface area contributed by atoms with E-state index in [1.807, 2.05) is 10.7 Å². The fourth-order valence-electron chi connectivity index (χ4n) is 2.27. The number of nitrogens with one attached hydrogen (secondary N) is 1. The number of hydrogen-bond acceptors (Lipinski definition) is 4. The van der Waals surface area contributed by atoms with E-state index in [1.54, 1.807) is 6.20 Å². The van der Waals surface area contributed by atoms with Crippen molar-refractivity contribution in [3.8, 4) is 11.5 Å². The maximum atomic E-state index is 4.77. The van der Waals surface area contributed by atoms with Crippen LogP contribution in [0.4, 0.5) is 5.82 Å². The Morgan fingerprint density at radius 1 is 1.35 bits per heavy atom. The van der Waals surface area contributed by atoms with E-state index in [9.17, 15) is 0 Å². The zero-order chi connectivity index (χ0) is 14.1. The summed E-state index contributed by atoms with van der Waals surface area (Å²) in [5, 5.41) is 7.61. The lowest BCUT2D eigenvalue weighted by Gasteiger charge is -2.12. The second-order valence-corrected chi connectivity index (χ2v) is 5.72. The van der Waals surface area contributed by atoms with E-state index in [2.05, 4.69) is 45.2 Å². The topological polar surface area (TPSA) is 55.6 Å². The van der Waals surface area contributed by atoms with E-state index in [-0.39, 0.29) is 0 Å². The first-order valence-corrected chi connectivity index (χ1v) is 7.87. The Kier molecular flexibility index (Phi) is 3.74. The second-order valence-electron chi connectivity index (χ2n) is 4.93. The minimum Gasteiger partial charge on any atom is -0.369 e. The van der Waals surface area contributed by atoms with Gasteiger partial charge in [-0.15, -0.1) is 0 Å². The van der Waals surface area contributed by atoms with Gasteiger partial charge >= 0.3 is 0 Å². The van der Waals surface area contributed by atoms with Crippen LogP contribution in [0.1, 0.15) is 38.3 Å². The summed E-state index contributed by atoms with van der Waals surface area (Å²) in [5.41, 5.74) is 2.09. The summed E-state index contributed by atoms with van der Waals surface area (Å²) < 4.78 is 2.93. The number of aromatic nitrogens is 4. The molecular weight excluding hydrogens is 318 g/mol. The SMILES string of the molecule is CCNc1nc(-c2ccnn2CC)nc(C2CC2)c1Br. The van der Waals surface area contributed by atoms with E-state index in [0.717, 1.165) is 40.6 Å². The fourth-order valence-corrected chi connectivity index (χ4v) is 2.91. The zero-order valence-electron chi connectivity index (χ0n) is 11.7. The van der Waals surface area contributed by atoms with Crippen LogP contribution in [-0.2, 0) is 6.54 Å². The van der Waals surface area contributed by atoms with Crippen molar-refractivity contribution in [3.63, 3.8) is 0 Å². The Hall–Kier alpha value is -1.43. The van der Waals surface area contributed by atoms with E-state index in [1.165, 1.54) is 12.8 Å². The molecule has 2 aromatic heterocycles. The Bertz CT molecular complexity index is 618. The molecule has 0 spiro atoms. The number of rotatable bonds is 5. The summed E-state index contributed by atoms with van der Waals surface area (Å²) in [6.45, 7) is 5.80. The van der Waals surface area contributed by atoms with Crippen LogP contribution >= 0.6 is 15.9 Å². The van der Waals surface area contributed by atoms with Gasteiger partial charge in [-0.2, -0.15) is 5.10 Å². The van der Waals surface area contributed by atoms with E-state index in [0.29, 0.717) is 5.92 Å². The monoisotopic (exact) mass is 335 g/mol. The van der Waals surface area contributed by atoms with E-state index in [4.69, 9.17) is 4.98 Å². The van der Waals surface area contributed by atoms with Crippen LogP contribution in [-0.4, -0.2) is 26.3 Å². The van der Waals surface area contributed by atoms with Crippen molar-refractivity contribution in [1.82, 2.24) is 19.7 Å². The molecule has 0 radical (unpaired) electrons. The number of nitrogens with zero attached hydrogens (tertiary/aromatic N) is 4. The highest BCUT2D eigenvalue weighted by molar-refractivity contribution is 9.10. The third kappa shape index (κ3) is 2.44. The molecule has 6 heteroatoms. The van der Waals surface area contributed by atoms with Gasteiger partial charge in [0.2, 0.25) is 0 Å². The molecule has 1 N–H and O–H groups in total. The van der Waals surface area contributed by atoms with Crippen molar-refractivity contribution in [3.05, 3.63) is 22.4 Å². The average Bonchev–Trinajstić information content (AvgIpc) is 3.18. The largest absolute Gasteiger partial charge is 0.369 e. The van der Waals surface area contributed by atoms with Crippen LogP contribution in [0.15, 0.2) is 16.7 Å². The molecule has 0 saturated heterocycles. The molecule has 1 aliphatic carbocycles. The van der Waals surface area contributed by atoms with Crippen molar-refractivity contribution >= 4 is 21.7 Å². The molecule has 0 aromatic carbocycles. The van der Waals surface area contributed by atoms with Gasteiger partial charge in [-0.25, -0.2) is 9.97 Å². The van der Waals surface area contributed by atoms with Crippen molar-refractivity contribution in [1.29, 1.82) is 0 Å². The number of anilines is 1. The van der Waals surface area contributed by atoms with Crippen molar-refractivity contribution in [2.75, 3.05) is 11.9 Å². The molecule has 1 fully saturated rings. The Morgan fingerprint density at radius 3 is 2.80 bits per heavy atom. The first-order valence-electron chi connectivity index (χ1n) is 7.08. The molecule has 0 amide bonds. The van der Waals surface area contributed by atoms with Crippen LogP contribution in [0, 0.1) is 0 Å². The van der Waals surface area contributed by atoms with Crippen LogP contribution in [0.5, 0.6) is 0 Å². The first kappa shape index (κ1) is 13.5. The van der Waals surface area contributed by atoms with Crippen LogP contribution in [0.25, 0.3) is 11.5 Å².